The van der Waals surface area contributed by atoms with Gasteiger partial charge in [0.25, 0.3) is 0 Å². The van der Waals surface area contributed by atoms with Crippen molar-refractivity contribution >= 4 is 0 Å². The van der Waals surface area contributed by atoms with E-state index in [4.69, 9.17) is 0 Å². The third-order valence-electron chi connectivity index (χ3n) is 7.78. The monoisotopic (exact) mass is 220 g/mol. The van der Waals surface area contributed by atoms with Gasteiger partial charge in [-0.3, -0.25) is 0 Å². The molecule has 0 aromatic rings. The molecule has 0 N–H and O–H groups in total. The topological polar surface area (TPSA) is 0 Å². The zero-order chi connectivity index (χ0) is 11.9. The Morgan fingerprint density at radius 1 is 0.875 bits per heavy atom. The van der Waals surface area contributed by atoms with E-state index in [1.165, 1.54) is 12.8 Å². The Balaban J connectivity index is 2.17. The Kier molecular flexibility index (Phi) is 1.99. The van der Waals surface area contributed by atoms with Gasteiger partial charge in [-0.2, -0.15) is 0 Å². The van der Waals surface area contributed by atoms with Crippen LogP contribution in [0.15, 0.2) is 0 Å². The van der Waals surface area contributed by atoms with E-state index >= 15 is 0 Å². The molecule has 0 nitrogen and oxygen atoms in total. The molecule has 0 aromatic heterocycles. The van der Waals surface area contributed by atoms with Gasteiger partial charge in [0.2, 0.25) is 0 Å². The average molecular weight is 220 g/mol. The zero-order valence-electron chi connectivity index (χ0n) is 11.9. The molecule has 0 radical (unpaired) electrons. The van der Waals surface area contributed by atoms with Gasteiger partial charge in [-0.15, -0.1) is 0 Å². The van der Waals surface area contributed by atoms with E-state index in [0.717, 1.165) is 35.5 Å². The van der Waals surface area contributed by atoms with Gasteiger partial charge in [-0.25, -0.2) is 0 Å². The summed E-state index contributed by atoms with van der Waals surface area (Å²) >= 11 is 0. The molecule has 92 valence electrons. The van der Waals surface area contributed by atoms with Crippen LogP contribution in [0.25, 0.3) is 0 Å². The first-order valence-corrected chi connectivity index (χ1v) is 7.32. The number of hydrogen-bond acceptors (Lipinski definition) is 0. The van der Waals surface area contributed by atoms with E-state index in [9.17, 15) is 0 Å². The lowest BCUT2D eigenvalue weighted by atomic mass is 9.70. The highest BCUT2D eigenvalue weighted by Gasteiger charge is 2.68. The van der Waals surface area contributed by atoms with E-state index < -0.39 is 0 Å². The van der Waals surface area contributed by atoms with Crippen molar-refractivity contribution in [1.29, 1.82) is 0 Å². The molecule has 4 saturated carbocycles. The molecule has 0 saturated heterocycles. The molecule has 0 heteroatoms. The quantitative estimate of drug-likeness (QED) is 0.560. The molecule has 0 aliphatic heterocycles. The lowest BCUT2D eigenvalue weighted by molar-refractivity contribution is 0.133. The fourth-order valence-corrected chi connectivity index (χ4v) is 6.53. The highest BCUT2D eigenvalue weighted by molar-refractivity contribution is 5.16. The SMILES string of the molecule is CC1C2CC(C)C3(C)CC(C)(C2C)C1C3C. The molecule has 4 aliphatic rings. The Morgan fingerprint density at radius 3 is 2.06 bits per heavy atom. The molecule has 0 amide bonds. The maximum Gasteiger partial charge on any atom is -0.0258 e. The van der Waals surface area contributed by atoms with Crippen molar-refractivity contribution in [1.82, 2.24) is 0 Å². The van der Waals surface area contributed by atoms with Crippen molar-refractivity contribution in [2.45, 2.75) is 54.4 Å². The molecule has 4 fully saturated rings. The van der Waals surface area contributed by atoms with Gasteiger partial charge in [0.1, 0.15) is 0 Å². The second-order valence-corrected chi connectivity index (χ2v) is 7.95. The molecule has 4 rings (SSSR count). The lowest BCUT2D eigenvalue weighted by Crippen LogP contribution is -2.29. The molecular weight excluding hydrogens is 192 g/mol. The van der Waals surface area contributed by atoms with Crippen molar-refractivity contribution < 1.29 is 0 Å². The van der Waals surface area contributed by atoms with Crippen molar-refractivity contribution in [3.63, 3.8) is 0 Å². The first-order valence-electron chi connectivity index (χ1n) is 7.32. The van der Waals surface area contributed by atoms with Gasteiger partial charge in [-0.05, 0) is 59.2 Å². The van der Waals surface area contributed by atoms with E-state index in [0.29, 0.717) is 10.8 Å². The Labute approximate surface area is 101 Å². The van der Waals surface area contributed by atoms with Crippen LogP contribution in [0.2, 0.25) is 0 Å². The normalized spacial score (nSPS) is 68.6. The first-order chi connectivity index (χ1) is 7.32. The van der Waals surface area contributed by atoms with Gasteiger partial charge in [0.15, 0.2) is 0 Å². The highest BCUT2D eigenvalue weighted by Crippen LogP contribution is 2.74. The minimum atomic E-state index is 0.632. The summed E-state index contributed by atoms with van der Waals surface area (Å²) in [6.07, 6.45) is 2.99. The fraction of sp³-hybridized carbons (Fsp3) is 1.00. The molecule has 0 spiro atoms. The van der Waals surface area contributed by atoms with Crippen molar-refractivity contribution in [2.24, 2.45) is 46.3 Å². The van der Waals surface area contributed by atoms with E-state index in [-0.39, 0.29) is 0 Å². The Morgan fingerprint density at radius 2 is 1.50 bits per heavy atom. The van der Waals surface area contributed by atoms with Crippen molar-refractivity contribution in [2.75, 3.05) is 0 Å². The van der Waals surface area contributed by atoms with Crippen LogP contribution in [0.5, 0.6) is 0 Å². The largest absolute Gasteiger partial charge is 0.0620 e. The first kappa shape index (κ1) is 11.1. The van der Waals surface area contributed by atoms with Crippen LogP contribution in [-0.4, -0.2) is 0 Å². The molecule has 8 atom stereocenters. The molecule has 16 heavy (non-hydrogen) atoms. The lowest BCUT2D eigenvalue weighted by Gasteiger charge is -2.35. The predicted octanol–water partition coefficient (Wildman–Crippen LogP) is 4.60. The number of rotatable bonds is 0. The number of hydrogen-bond donors (Lipinski definition) is 0. The highest BCUT2D eigenvalue weighted by atomic mass is 14.7. The Hall–Kier alpha value is 0. The van der Waals surface area contributed by atoms with Crippen LogP contribution in [0, 0.1) is 46.3 Å². The van der Waals surface area contributed by atoms with Gasteiger partial charge in [0.05, 0.1) is 0 Å². The Bertz CT molecular complexity index is 320. The predicted molar refractivity (Wildman–Crippen MR) is 69.1 cm³/mol. The zero-order valence-corrected chi connectivity index (χ0v) is 11.9. The van der Waals surface area contributed by atoms with Crippen LogP contribution in [0.3, 0.4) is 0 Å². The summed E-state index contributed by atoms with van der Waals surface area (Å²) < 4.78 is 0. The summed E-state index contributed by atoms with van der Waals surface area (Å²) in [6, 6.07) is 0. The summed E-state index contributed by atoms with van der Waals surface area (Å²) in [5, 5.41) is 0. The van der Waals surface area contributed by atoms with Gasteiger partial charge >= 0.3 is 0 Å². The summed E-state index contributed by atoms with van der Waals surface area (Å²) in [4.78, 5) is 0. The van der Waals surface area contributed by atoms with Crippen LogP contribution in [0.1, 0.15) is 54.4 Å². The maximum absolute atomic E-state index is 2.61. The van der Waals surface area contributed by atoms with Crippen LogP contribution >= 0.6 is 0 Å². The van der Waals surface area contributed by atoms with Crippen molar-refractivity contribution in [3.8, 4) is 0 Å². The minimum Gasteiger partial charge on any atom is -0.0620 e. The van der Waals surface area contributed by atoms with E-state index in [2.05, 4.69) is 41.5 Å². The third kappa shape index (κ3) is 0.946. The van der Waals surface area contributed by atoms with E-state index in [1.54, 1.807) is 0 Å². The van der Waals surface area contributed by atoms with Crippen molar-refractivity contribution in [3.05, 3.63) is 0 Å². The minimum absolute atomic E-state index is 0.632. The summed E-state index contributed by atoms with van der Waals surface area (Å²) in [5.41, 5.74) is 1.29. The third-order valence-corrected chi connectivity index (χ3v) is 7.78. The number of fused-ring (bicyclic) bond motifs is 1. The van der Waals surface area contributed by atoms with Crippen LogP contribution < -0.4 is 0 Å². The summed E-state index contributed by atoms with van der Waals surface area (Å²) in [6.45, 7) is 15.4. The van der Waals surface area contributed by atoms with Crippen LogP contribution in [-0.2, 0) is 0 Å². The second kappa shape index (κ2) is 2.87. The molecule has 4 aliphatic carbocycles. The molecule has 4 bridgehead atoms. The molecule has 0 aromatic carbocycles. The standard InChI is InChI=1S/C16H28/c1-9-7-13-10(2)14-12(4)15(9,5)8-16(14,6)11(13)3/h9-14H,7-8H2,1-6H3. The average Bonchev–Trinajstić information content (AvgIpc) is 2.46. The van der Waals surface area contributed by atoms with Gasteiger partial charge < -0.3 is 0 Å². The van der Waals surface area contributed by atoms with Gasteiger partial charge in [0, 0.05) is 0 Å². The van der Waals surface area contributed by atoms with Gasteiger partial charge in [-0.1, -0.05) is 41.5 Å². The fourth-order valence-electron chi connectivity index (χ4n) is 6.53. The smallest absolute Gasteiger partial charge is 0.0258 e. The van der Waals surface area contributed by atoms with Crippen LogP contribution in [0.4, 0.5) is 0 Å². The summed E-state index contributed by atoms with van der Waals surface area (Å²) in [7, 11) is 0. The second-order valence-electron chi connectivity index (χ2n) is 7.95. The summed E-state index contributed by atoms with van der Waals surface area (Å²) in [5.74, 6) is 5.83. The molecule has 8 unspecified atom stereocenters. The molecular formula is C16H28. The molecule has 0 heterocycles. The van der Waals surface area contributed by atoms with E-state index in [1.807, 2.05) is 0 Å². The maximum atomic E-state index is 2.61.